The number of rotatable bonds is 12. The van der Waals surface area contributed by atoms with E-state index >= 15 is 0 Å². The van der Waals surface area contributed by atoms with Crippen LogP contribution in [-0.4, -0.2) is 29.8 Å². The van der Waals surface area contributed by atoms with Crippen molar-refractivity contribution in [2.45, 2.75) is 71.0 Å². The largest absolute Gasteiger partial charge is 0.349 e. The minimum atomic E-state index is -0.777. The van der Waals surface area contributed by atoms with E-state index in [1.165, 1.54) is 0 Å². The molecule has 1 heterocycles. The normalized spacial score (nSPS) is 18.5. The third kappa shape index (κ3) is 8.78. The van der Waals surface area contributed by atoms with Gasteiger partial charge in [-0.2, -0.15) is 0 Å². The predicted octanol–water partition coefficient (Wildman–Crippen LogP) is 5.28. The quantitative estimate of drug-likeness (QED) is 0.282. The summed E-state index contributed by atoms with van der Waals surface area (Å²) in [6, 6.07) is 21.7. The van der Waals surface area contributed by atoms with Crippen LogP contribution >= 0.6 is 11.3 Å². The van der Waals surface area contributed by atoms with Crippen LogP contribution in [0.5, 0.6) is 0 Å². The van der Waals surface area contributed by atoms with Crippen molar-refractivity contribution >= 4 is 29.1 Å². The van der Waals surface area contributed by atoms with E-state index in [9.17, 15) is 14.4 Å². The predicted molar refractivity (Wildman–Crippen MR) is 161 cm³/mol. The lowest BCUT2D eigenvalue weighted by molar-refractivity contribution is -0.133. The second kappa shape index (κ2) is 14.8. The Morgan fingerprint density at radius 2 is 1.32 bits per heavy atom. The van der Waals surface area contributed by atoms with E-state index < -0.39 is 12.1 Å². The number of hydrogen-bond donors (Lipinski definition) is 3. The summed E-state index contributed by atoms with van der Waals surface area (Å²) in [5.74, 6) is 0.519. The van der Waals surface area contributed by atoms with Gasteiger partial charge in [0.15, 0.2) is 0 Å². The summed E-state index contributed by atoms with van der Waals surface area (Å²) in [6.07, 6.45) is 4.47. The second-order valence-corrected chi connectivity index (χ2v) is 12.2. The van der Waals surface area contributed by atoms with Gasteiger partial charge in [-0.25, -0.2) is 0 Å². The molecule has 1 aliphatic carbocycles. The molecule has 0 bridgehead atoms. The maximum Gasteiger partial charge on any atom is 0.243 e. The highest BCUT2D eigenvalue weighted by atomic mass is 32.1. The van der Waals surface area contributed by atoms with E-state index in [0.717, 1.165) is 41.7 Å². The molecule has 40 heavy (non-hydrogen) atoms. The van der Waals surface area contributed by atoms with Crippen LogP contribution in [0.15, 0.2) is 78.2 Å². The Morgan fingerprint density at radius 1 is 0.750 bits per heavy atom. The third-order valence-electron chi connectivity index (χ3n) is 7.93. The molecule has 1 saturated carbocycles. The van der Waals surface area contributed by atoms with Gasteiger partial charge in [0.2, 0.25) is 17.7 Å². The standard InChI is InChI=1S/C33H41N3O3S/c1-23(2)26-15-17-27(18-16-26)31(37)35-30(21-25-12-7-4-8-13-25)33(39)36-29(20-24-10-5-3-6-11-24)32(38)34-22-28-14-9-19-40-28/h3-14,19,23,26-27,29-30H,15-18,20-22H2,1-2H3,(H,34,38)(H,35,37)(H,36,39)/t26?,27?,29-,30+/m0/s1. The highest BCUT2D eigenvalue weighted by molar-refractivity contribution is 7.09. The van der Waals surface area contributed by atoms with Gasteiger partial charge in [0.05, 0.1) is 6.54 Å². The Morgan fingerprint density at radius 3 is 1.85 bits per heavy atom. The number of hydrogen-bond acceptors (Lipinski definition) is 4. The van der Waals surface area contributed by atoms with E-state index in [1.807, 2.05) is 78.2 Å². The van der Waals surface area contributed by atoms with Crippen molar-refractivity contribution in [3.8, 4) is 0 Å². The second-order valence-electron chi connectivity index (χ2n) is 11.2. The first-order valence-corrected chi connectivity index (χ1v) is 15.3. The molecule has 3 N–H and O–H groups in total. The van der Waals surface area contributed by atoms with Crippen LogP contribution in [0.4, 0.5) is 0 Å². The van der Waals surface area contributed by atoms with Crippen LogP contribution in [0.1, 0.15) is 55.5 Å². The molecule has 3 amide bonds. The van der Waals surface area contributed by atoms with Crippen molar-refractivity contribution in [1.82, 2.24) is 16.0 Å². The van der Waals surface area contributed by atoms with Gasteiger partial charge in [-0.1, -0.05) is 80.6 Å². The first-order chi connectivity index (χ1) is 19.4. The van der Waals surface area contributed by atoms with E-state index in [0.29, 0.717) is 31.2 Å². The molecular weight excluding hydrogens is 518 g/mol. The van der Waals surface area contributed by atoms with Crippen molar-refractivity contribution in [3.63, 3.8) is 0 Å². The van der Waals surface area contributed by atoms with Crippen molar-refractivity contribution in [2.75, 3.05) is 0 Å². The minimum Gasteiger partial charge on any atom is -0.349 e. The number of carbonyl (C=O) groups is 3. The molecule has 2 atom stereocenters. The molecule has 0 aliphatic heterocycles. The summed E-state index contributed by atoms with van der Waals surface area (Å²) < 4.78 is 0. The summed E-state index contributed by atoms with van der Waals surface area (Å²) >= 11 is 1.57. The zero-order valence-corrected chi connectivity index (χ0v) is 24.3. The monoisotopic (exact) mass is 559 g/mol. The maximum absolute atomic E-state index is 13.7. The average Bonchev–Trinajstić information content (AvgIpc) is 3.50. The Balaban J connectivity index is 1.47. The Hall–Kier alpha value is -3.45. The van der Waals surface area contributed by atoms with E-state index in [1.54, 1.807) is 11.3 Å². The molecule has 4 rings (SSSR count). The number of amides is 3. The van der Waals surface area contributed by atoms with Crippen LogP contribution in [0.25, 0.3) is 0 Å². The van der Waals surface area contributed by atoms with Gasteiger partial charge >= 0.3 is 0 Å². The Kier molecular flexibility index (Phi) is 10.9. The molecule has 1 fully saturated rings. The van der Waals surface area contributed by atoms with Crippen LogP contribution in [0, 0.1) is 17.8 Å². The maximum atomic E-state index is 13.7. The lowest BCUT2D eigenvalue weighted by Gasteiger charge is -2.31. The molecule has 6 nitrogen and oxygen atoms in total. The van der Waals surface area contributed by atoms with Gasteiger partial charge in [0, 0.05) is 23.6 Å². The van der Waals surface area contributed by atoms with Crippen LogP contribution in [0.3, 0.4) is 0 Å². The molecular formula is C33H41N3O3S. The Labute approximate surface area is 242 Å². The van der Waals surface area contributed by atoms with E-state index in [-0.39, 0.29) is 23.6 Å². The lowest BCUT2D eigenvalue weighted by Crippen LogP contribution is -2.55. The van der Waals surface area contributed by atoms with Gasteiger partial charge in [-0.3, -0.25) is 14.4 Å². The molecule has 0 saturated heterocycles. The number of thiophene rings is 1. The van der Waals surface area contributed by atoms with Crippen LogP contribution < -0.4 is 16.0 Å². The fourth-order valence-corrected chi connectivity index (χ4v) is 6.08. The average molecular weight is 560 g/mol. The van der Waals surface area contributed by atoms with E-state index in [4.69, 9.17) is 0 Å². The molecule has 212 valence electrons. The van der Waals surface area contributed by atoms with Gasteiger partial charge in [-0.05, 0) is 60.1 Å². The highest BCUT2D eigenvalue weighted by Crippen LogP contribution is 2.33. The topological polar surface area (TPSA) is 87.3 Å². The first-order valence-electron chi connectivity index (χ1n) is 14.4. The number of benzene rings is 2. The molecule has 0 spiro atoms. The first kappa shape index (κ1) is 29.5. The minimum absolute atomic E-state index is 0.0694. The van der Waals surface area contributed by atoms with Crippen LogP contribution in [0.2, 0.25) is 0 Å². The molecule has 1 aliphatic rings. The SMILES string of the molecule is CC(C)C1CCC(C(=O)N[C@H](Cc2ccccc2)C(=O)N[C@@H](Cc2ccccc2)C(=O)NCc2cccs2)CC1. The van der Waals surface area contributed by atoms with Crippen molar-refractivity contribution < 1.29 is 14.4 Å². The van der Waals surface area contributed by atoms with Crippen molar-refractivity contribution in [1.29, 1.82) is 0 Å². The summed E-state index contributed by atoms with van der Waals surface area (Å²) in [5, 5.41) is 11.0. The fourth-order valence-electron chi connectivity index (χ4n) is 5.44. The fraction of sp³-hybridized carbons (Fsp3) is 0.424. The smallest absolute Gasteiger partial charge is 0.243 e. The summed E-state index contributed by atoms with van der Waals surface area (Å²) in [5.41, 5.74) is 1.90. The lowest BCUT2D eigenvalue weighted by atomic mass is 9.76. The van der Waals surface area contributed by atoms with Gasteiger partial charge in [-0.15, -0.1) is 11.3 Å². The van der Waals surface area contributed by atoms with E-state index in [2.05, 4.69) is 29.8 Å². The highest BCUT2D eigenvalue weighted by Gasteiger charge is 2.32. The summed E-state index contributed by atoms with van der Waals surface area (Å²) in [4.78, 5) is 41.4. The Bertz CT molecular complexity index is 1210. The molecule has 0 unspecified atom stereocenters. The van der Waals surface area contributed by atoms with Crippen molar-refractivity contribution in [3.05, 3.63) is 94.2 Å². The molecule has 3 aromatic rings. The third-order valence-corrected chi connectivity index (χ3v) is 8.81. The van der Waals surface area contributed by atoms with Crippen molar-refractivity contribution in [2.24, 2.45) is 17.8 Å². The van der Waals surface area contributed by atoms with Gasteiger partial charge < -0.3 is 16.0 Å². The van der Waals surface area contributed by atoms with Gasteiger partial charge in [0.25, 0.3) is 0 Å². The zero-order chi connectivity index (χ0) is 28.3. The summed E-state index contributed by atoms with van der Waals surface area (Å²) in [7, 11) is 0. The number of nitrogens with one attached hydrogen (secondary N) is 3. The molecule has 7 heteroatoms. The molecule has 2 aromatic carbocycles. The van der Waals surface area contributed by atoms with Crippen LogP contribution in [-0.2, 0) is 33.8 Å². The molecule has 1 aromatic heterocycles. The summed E-state index contributed by atoms with van der Waals surface area (Å²) in [6.45, 7) is 4.89. The number of carbonyl (C=O) groups excluding carboxylic acids is 3. The molecule has 0 radical (unpaired) electrons. The zero-order valence-electron chi connectivity index (χ0n) is 23.5. The van der Waals surface area contributed by atoms with Gasteiger partial charge in [0.1, 0.15) is 12.1 Å².